The van der Waals surface area contributed by atoms with Gasteiger partial charge < -0.3 is 9.84 Å². The number of ether oxygens (including phenoxy) is 1. The van der Waals surface area contributed by atoms with Crippen molar-refractivity contribution in [1.82, 2.24) is 0 Å². The fourth-order valence-electron chi connectivity index (χ4n) is 3.82. The van der Waals surface area contributed by atoms with Crippen molar-refractivity contribution < 1.29 is 52.4 Å². The minimum Gasteiger partial charge on any atom is -0.870 e. The van der Waals surface area contributed by atoms with Gasteiger partial charge in [-0.1, -0.05) is 102 Å². The molecule has 0 bridgehead atoms. The van der Waals surface area contributed by atoms with Crippen LogP contribution in [0.4, 0.5) is 0 Å². The number of benzene rings is 2. The van der Waals surface area contributed by atoms with Crippen LogP contribution in [-0.4, -0.2) is 13.0 Å². The summed E-state index contributed by atoms with van der Waals surface area (Å²) in [6.45, 7) is 2.24. The molecule has 0 fully saturated rings. The molecule has 0 aliphatic rings. The standard InChI is InChI=1S/C26H38O5S.Na/c1-2-3-4-5-6-7-8-9-10-11-12-13-16-22-21-23(32(28,29)30)19-20-25(22)31-26-18-15-14-17-24(26)27;/h14-15,17-21,27H,2-13,16H2,1H3,(H,28,29,30);/q;+1/p-1. The quantitative estimate of drug-likeness (QED) is 0.221. The number of rotatable bonds is 16. The van der Waals surface area contributed by atoms with Crippen molar-refractivity contribution in [1.29, 1.82) is 0 Å². The smallest absolute Gasteiger partial charge is 0.870 e. The molecule has 0 radical (unpaired) electrons. The predicted molar refractivity (Wildman–Crippen MR) is 127 cm³/mol. The molecule has 0 aromatic heterocycles. The summed E-state index contributed by atoms with van der Waals surface area (Å²) in [5, 5.41) is 12.0. The SMILES string of the molecule is CCCCCCCCCCCCCCc1cc(S(=O)(=O)O)ccc1Oc1ccccc1[O-].[Na+]. The van der Waals surface area contributed by atoms with Gasteiger partial charge in [-0.25, -0.2) is 0 Å². The van der Waals surface area contributed by atoms with E-state index in [-0.39, 0.29) is 46.0 Å². The molecule has 0 unspecified atom stereocenters. The Morgan fingerprint density at radius 2 is 1.33 bits per heavy atom. The van der Waals surface area contributed by atoms with E-state index in [4.69, 9.17) is 4.74 Å². The molecular weight excluding hydrogens is 447 g/mol. The van der Waals surface area contributed by atoms with Gasteiger partial charge in [0.2, 0.25) is 0 Å². The van der Waals surface area contributed by atoms with Crippen LogP contribution < -0.4 is 39.4 Å². The van der Waals surface area contributed by atoms with E-state index in [9.17, 15) is 18.1 Å². The third-order valence-corrected chi connectivity index (χ3v) is 6.55. The first-order valence-corrected chi connectivity index (χ1v) is 13.4. The fraction of sp³-hybridized carbons (Fsp3) is 0.538. The zero-order valence-electron chi connectivity index (χ0n) is 20.2. The number of hydrogen-bond donors (Lipinski definition) is 1. The molecule has 0 aliphatic heterocycles. The summed E-state index contributed by atoms with van der Waals surface area (Å²) in [7, 11) is -4.30. The minimum absolute atomic E-state index is 0. The van der Waals surface area contributed by atoms with Crippen molar-refractivity contribution >= 4 is 10.1 Å². The van der Waals surface area contributed by atoms with Crippen LogP contribution in [0, 0.1) is 0 Å². The molecule has 2 rings (SSSR count). The van der Waals surface area contributed by atoms with Gasteiger partial charge in [0.1, 0.15) is 11.5 Å². The fourth-order valence-corrected chi connectivity index (χ4v) is 4.35. The van der Waals surface area contributed by atoms with Gasteiger partial charge in [-0.05, 0) is 42.7 Å². The Morgan fingerprint density at radius 3 is 1.88 bits per heavy atom. The van der Waals surface area contributed by atoms with Gasteiger partial charge in [0, 0.05) is 0 Å². The topological polar surface area (TPSA) is 86.7 Å². The van der Waals surface area contributed by atoms with E-state index in [0.29, 0.717) is 17.7 Å². The zero-order valence-corrected chi connectivity index (χ0v) is 23.0. The van der Waals surface area contributed by atoms with Crippen LogP contribution >= 0.6 is 0 Å². The van der Waals surface area contributed by atoms with Crippen LogP contribution in [-0.2, 0) is 16.5 Å². The van der Waals surface area contributed by atoms with Crippen molar-refractivity contribution in [3.63, 3.8) is 0 Å². The predicted octanol–water partition coefficient (Wildman–Crippen LogP) is 4.05. The first-order chi connectivity index (χ1) is 15.4. The van der Waals surface area contributed by atoms with Gasteiger partial charge in [-0.3, -0.25) is 4.55 Å². The number of hydrogen-bond acceptors (Lipinski definition) is 4. The summed E-state index contributed by atoms with van der Waals surface area (Å²) >= 11 is 0. The van der Waals surface area contributed by atoms with Crippen LogP contribution in [0.5, 0.6) is 17.2 Å². The summed E-state index contributed by atoms with van der Waals surface area (Å²) < 4.78 is 38.3. The molecule has 0 saturated heterocycles. The van der Waals surface area contributed by atoms with Crippen LogP contribution in [0.1, 0.15) is 89.5 Å². The summed E-state index contributed by atoms with van der Waals surface area (Å²) in [4.78, 5) is -0.158. The Labute approximate surface area is 222 Å². The van der Waals surface area contributed by atoms with E-state index >= 15 is 0 Å². The maximum absolute atomic E-state index is 12.0. The van der Waals surface area contributed by atoms with Gasteiger partial charge >= 0.3 is 29.6 Å². The minimum atomic E-state index is -4.30. The van der Waals surface area contributed by atoms with Gasteiger partial charge in [-0.15, -0.1) is 0 Å². The van der Waals surface area contributed by atoms with Gasteiger partial charge in [0.15, 0.2) is 0 Å². The Kier molecular flexibility index (Phi) is 15.0. The summed E-state index contributed by atoms with van der Waals surface area (Å²) in [5.74, 6) is 0.412. The molecule has 2 aromatic rings. The van der Waals surface area contributed by atoms with E-state index in [2.05, 4.69) is 6.92 Å². The number of unbranched alkanes of at least 4 members (excludes halogenated alkanes) is 11. The van der Waals surface area contributed by atoms with Crippen molar-refractivity contribution in [2.45, 2.75) is 95.3 Å². The molecule has 178 valence electrons. The van der Waals surface area contributed by atoms with Crippen molar-refractivity contribution in [3.8, 4) is 17.2 Å². The summed E-state index contributed by atoms with van der Waals surface area (Å²) in [5.41, 5.74) is 0.676. The van der Waals surface area contributed by atoms with Crippen molar-refractivity contribution in [2.24, 2.45) is 0 Å². The molecule has 0 amide bonds. The largest absolute Gasteiger partial charge is 1.00 e. The van der Waals surface area contributed by atoms with Crippen LogP contribution in [0.2, 0.25) is 0 Å². The Bertz CT molecular complexity index is 915. The Balaban J connectivity index is 0.00000544. The second kappa shape index (κ2) is 16.6. The van der Waals surface area contributed by atoms with Crippen molar-refractivity contribution in [2.75, 3.05) is 0 Å². The molecule has 2 aromatic carbocycles. The van der Waals surface area contributed by atoms with E-state index in [1.165, 1.54) is 82.1 Å². The van der Waals surface area contributed by atoms with E-state index < -0.39 is 10.1 Å². The number of para-hydroxylation sites is 2. The third-order valence-electron chi connectivity index (χ3n) is 5.70. The molecule has 0 heterocycles. The van der Waals surface area contributed by atoms with Gasteiger partial charge in [0.05, 0.1) is 4.90 Å². The maximum atomic E-state index is 12.0. The molecule has 7 heteroatoms. The molecular formula is C26H37NaO5S. The second-order valence-corrected chi connectivity index (χ2v) is 9.85. The second-order valence-electron chi connectivity index (χ2n) is 8.43. The maximum Gasteiger partial charge on any atom is 1.00 e. The van der Waals surface area contributed by atoms with Gasteiger partial charge in [-0.2, -0.15) is 8.42 Å². The molecule has 0 aliphatic carbocycles. The first kappa shape index (κ1) is 30.0. The molecule has 0 spiro atoms. The van der Waals surface area contributed by atoms with E-state index in [1.54, 1.807) is 18.2 Å². The molecule has 0 saturated carbocycles. The average Bonchev–Trinajstić information content (AvgIpc) is 2.76. The van der Waals surface area contributed by atoms with Gasteiger partial charge in [0.25, 0.3) is 10.1 Å². The summed E-state index contributed by atoms with van der Waals surface area (Å²) in [6.07, 6.45) is 15.5. The number of aryl methyl sites for hydroxylation is 1. The zero-order chi connectivity index (χ0) is 23.2. The Hall–Kier alpha value is -1.05. The van der Waals surface area contributed by atoms with E-state index in [1.807, 2.05) is 0 Å². The Morgan fingerprint density at radius 1 is 0.788 bits per heavy atom. The van der Waals surface area contributed by atoms with Crippen molar-refractivity contribution in [3.05, 3.63) is 48.0 Å². The van der Waals surface area contributed by atoms with Crippen LogP contribution in [0.3, 0.4) is 0 Å². The average molecular weight is 485 g/mol. The first-order valence-electron chi connectivity index (χ1n) is 12.0. The summed E-state index contributed by atoms with van der Waals surface area (Å²) in [6, 6.07) is 10.6. The molecule has 1 N–H and O–H groups in total. The molecule has 5 nitrogen and oxygen atoms in total. The molecule has 33 heavy (non-hydrogen) atoms. The van der Waals surface area contributed by atoms with Crippen LogP contribution in [0.15, 0.2) is 47.4 Å². The normalized spacial score (nSPS) is 11.2. The van der Waals surface area contributed by atoms with E-state index in [0.717, 1.165) is 19.3 Å². The monoisotopic (exact) mass is 484 g/mol. The third kappa shape index (κ3) is 11.8. The van der Waals surface area contributed by atoms with Crippen LogP contribution in [0.25, 0.3) is 0 Å². The molecule has 0 atom stereocenters.